The lowest BCUT2D eigenvalue weighted by Gasteiger charge is -2.10. The summed E-state index contributed by atoms with van der Waals surface area (Å²) in [4.78, 5) is 4.53. The molecule has 2 N–H and O–H groups in total. The molecule has 1 aromatic carbocycles. The van der Waals surface area contributed by atoms with Gasteiger partial charge in [0, 0.05) is 36.8 Å². The van der Waals surface area contributed by atoms with Gasteiger partial charge >= 0.3 is 0 Å². The molecule has 0 saturated heterocycles. The molecule has 3 heteroatoms. The van der Waals surface area contributed by atoms with Crippen LogP contribution in [0.15, 0.2) is 30.5 Å². The number of pyridine rings is 1. The predicted octanol–water partition coefficient (Wildman–Crippen LogP) is 2.63. The monoisotopic (exact) mass is 268 g/mol. The molecule has 1 aromatic heterocycles. The first-order valence-corrected chi connectivity index (χ1v) is 7.21. The molecule has 3 rings (SSSR count). The van der Waals surface area contributed by atoms with Crippen LogP contribution in [0.3, 0.4) is 0 Å². The number of benzene rings is 1. The summed E-state index contributed by atoms with van der Waals surface area (Å²) in [5, 5.41) is 0. The lowest BCUT2D eigenvalue weighted by molar-refractivity contribution is 0.353. The molecule has 0 unspecified atom stereocenters. The van der Waals surface area contributed by atoms with Crippen LogP contribution in [-0.2, 0) is 25.8 Å². The van der Waals surface area contributed by atoms with Crippen molar-refractivity contribution in [3.63, 3.8) is 0 Å². The summed E-state index contributed by atoms with van der Waals surface area (Å²) in [6.45, 7) is 3.44. The van der Waals surface area contributed by atoms with E-state index >= 15 is 0 Å². The van der Waals surface area contributed by atoms with Gasteiger partial charge in [-0.15, -0.1) is 0 Å². The molecular formula is C17H20N2O. The number of hydrogen-bond acceptors (Lipinski definition) is 3. The van der Waals surface area contributed by atoms with Crippen LogP contribution in [0.1, 0.15) is 34.9 Å². The van der Waals surface area contributed by atoms with Crippen molar-refractivity contribution >= 4 is 0 Å². The second-order valence-electron chi connectivity index (χ2n) is 5.23. The highest BCUT2D eigenvalue weighted by Crippen LogP contribution is 2.31. The van der Waals surface area contributed by atoms with E-state index in [2.05, 4.69) is 36.2 Å². The summed E-state index contributed by atoms with van der Waals surface area (Å²) in [6.07, 6.45) is 4.83. The fourth-order valence-electron chi connectivity index (χ4n) is 2.69. The Hall–Kier alpha value is -1.87. The smallest absolute Gasteiger partial charge is 0.127 e. The van der Waals surface area contributed by atoms with Gasteiger partial charge in [-0.25, -0.2) is 0 Å². The lowest BCUT2D eigenvalue weighted by atomic mass is 10.00. The van der Waals surface area contributed by atoms with Crippen LogP contribution < -0.4 is 10.5 Å². The van der Waals surface area contributed by atoms with Crippen LogP contribution in [0, 0.1) is 0 Å². The Labute approximate surface area is 119 Å². The van der Waals surface area contributed by atoms with Crippen molar-refractivity contribution in [1.29, 1.82) is 0 Å². The first-order chi connectivity index (χ1) is 9.80. The number of nitrogens with two attached hydrogens (primary N) is 1. The Kier molecular flexibility index (Phi) is 3.70. The molecule has 0 saturated carbocycles. The minimum atomic E-state index is 0.526. The Morgan fingerprint density at radius 3 is 2.85 bits per heavy atom. The van der Waals surface area contributed by atoms with E-state index in [0.29, 0.717) is 6.54 Å². The SMILES string of the molecule is CCc1ccc(Cc2cc(CN)c3c(c2)CCO3)nc1. The first kappa shape index (κ1) is 13.1. The Balaban J connectivity index is 1.86. The number of aryl methyl sites for hydroxylation is 1. The quantitative estimate of drug-likeness (QED) is 0.927. The van der Waals surface area contributed by atoms with Crippen molar-refractivity contribution in [2.24, 2.45) is 5.73 Å². The van der Waals surface area contributed by atoms with E-state index in [1.165, 1.54) is 16.7 Å². The molecule has 0 fully saturated rings. The normalized spacial score (nSPS) is 13.1. The minimum Gasteiger partial charge on any atom is -0.493 e. The van der Waals surface area contributed by atoms with Gasteiger partial charge in [0.15, 0.2) is 0 Å². The standard InChI is InChI=1S/C17H20N2O/c1-2-12-3-4-16(19-11-12)9-13-7-14-5-6-20-17(14)15(8-13)10-18/h3-4,7-8,11H,2,5-6,9-10,18H2,1H3. The second-order valence-corrected chi connectivity index (χ2v) is 5.23. The van der Waals surface area contributed by atoms with Gasteiger partial charge in [0.2, 0.25) is 0 Å². The summed E-state index contributed by atoms with van der Waals surface area (Å²) in [7, 11) is 0. The lowest BCUT2D eigenvalue weighted by Crippen LogP contribution is -2.02. The van der Waals surface area contributed by atoms with E-state index in [4.69, 9.17) is 10.5 Å². The highest BCUT2D eigenvalue weighted by molar-refractivity contribution is 5.47. The molecule has 1 aliphatic heterocycles. The number of hydrogen-bond donors (Lipinski definition) is 1. The summed E-state index contributed by atoms with van der Waals surface area (Å²) in [6, 6.07) is 8.66. The van der Waals surface area contributed by atoms with Crippen LogP contribution in [0.4, 0.5) is 0 Å². The fourth-order valence-corrected chi connectivity index (χ4v) is 2.69. The molecular weight excluding hydrogens is 248 g/mol. The van der Waals surface area contributed by atoms with Gasteiger partial charge in [-0.3, -0.25) is 4.98 Å². The molecule has 0 bridgehead atoms. The fraction of sp³-hybridized carbons (Fsp3) is 0.353. The molecule has 0 radical (unpaired) electrons. The summed E-state index contributed by atoms with van der Waals surface area (Å²) in [5.41, 5.74) is 11.9. The van der Waals surface area contributed by atoms with Crippen LogP contribution >= 0.6 is 0 Å². The minimum absolute atomic E-state index is 0.526. The predicted molar refractivity (Wildman–Crippen MR) is 80.0 cm³/mol. The average molecular weight is 268 g/mol. The van der Waals surface area contributed by atoms with Crippen LogP contribution in [0.25, 0.3) is 0 Å². The molecule has 0 aliphatic carbocycles. The maximum Gasteiger partial charge on any atom is 0.127 e. The molecule has 0 atom stereocenters. The number of nitrogens with zero attached hydrogens (tertiary/aromatic N) is 1. The third kappa shape index (κ3) is 2.54. The maximum atomic E-state index is 5.83. The van der Waals surface area contributed by atoms with Crippen molar-refractivity contribution in [2.75, 3.05) is 6.61 Å². The van der Waals surface area contributed by atoms with Gasteiger partial charge < -0.3 is 10.5 Å². The van der Waals surface area contributed by atoms with E-state index in [0.717, 1.165) is 42.9 Å². The van der Waals surface area contributed by atoms with Crippen molar-refractivity contribution in [1.82, 2.24) is 4.98 Å². The molecule has 0 spiro atoms. The van der Waals surface area contributed by atoms with Gasteiger partial charge in [0.25, 0.3) is 0 Å². The second kappa shape index (κ2) is 5.63. The molecule has 104 valence electrons. The zero-order chi connectivity index (χ0) is 13.9. The Morgan fingerprint density at radius 2 is 2.15 bits per heavy atom. The van der Waals surface area contributed by atoms with Crippen molar-refractivity contribution in [2.45, 2.75) is 32.7 Å². The molecule has 20 heavy (non-hydrogen) atoms. The highest BCUT2D eigenvalue weighted by atomic mass is 16.5. The zero-order valence-corrected chi connectivity index (χ0v) is 11.9. The molecule has 0 amide bonds. The third-order valence-corrected chi connectivity index (χ3v) is 3.82. The summed E-state index contributed by atoms with van der Waals surface area (Å²) >= 11 is 0. The molecule has 3 nitrogen and oxygen atoms in total. The van der Waals surface area contributed by atoms with Gasteiger partial charge in [-0.1, -0.05) is 25.1 Å². The number of ether oxygens (including phenoxy) is 1. The summed E-state index contributed by atoms with van der Waals surface area (Å²) in [5.74, 6) is 1.01. The average Bonchev–Trinajstić information content (AvgIpc) is 2.95. The van der Waals surface area contributed by atoms with Gasteiger partial charge in [0.1, 0.15) is 5.75 Å². The number of fused-ring (bicyclic) bond motifs is 1. The van der Waals surface area contributed by atoms with Gasteiger partial charge in [0.05, 0.1) is 6.61 Å². The van der Waals surface area contributed by atoms with Crippen molar-refractivity contribution < 1.29 is 4.74 Å². The zero-order valence-electron chi connectivity index (χ0n) is 11.9. The molecule has 1 aliphatic rings. The highest BCUT2D eigenvalue weighted by Gasteiger charge is 2.17. The molecule has 2 heterocycles. The van der Waals surface area contributed by atoms with E-state index in [1.54, 1.807) is 0 Å². The van der Waals surface area contributed by atoms with Crippen molar-refractivity contribution in [3.8, 4) is 5.75 Å². The third-order valence-electron chi connectivity index (χ3n) is 3.82. The summed E-state index contributed by atoms with van der Waals surface area (Å²) < 4.78 is 5.66. The van der Waals surface area contributed by atoms with Gasteiger partial charge in [-0.05, 0) is 29.2 Å². The van der Waals surface area contributed by atoms with Crippen LogP contribution in [-0.4, -0.2) is 11.6 Å². The van der Waals surface area contributed by atoms with Crippen molar-refractivity contribution in [3.05, 3.63) is 58.4 Å². The topological polar surface area (TPSA) is 48.1 Å². The van der Waals surface area contributed by atoms with E-state index in [1.807, 2.05) is 6.20 Å². The Morgan fingerprint density at radius 1 is 1.25 bits per heavy atom. The first-order valence-electron chi connectivity index (χ1n) is 7.21. The number of aromatic nitrogens is 1. The van der Waals surface area contributed by atoms with Gasteiger partial charge in [-0.2, -0.15) is 0 Å². The largest absolute Gasteiger partial charge is 0.493 e. The maximum absolute atomic E-state index is 5.83. The van der Waals surface area contributed by atoms with Crippen LogP contribution in [0.5, 0.6) is 5.75 Å². The van der Waals surface area contributed by atoms with Crippen LogP contribution in [0.2, 0.25) is 0 Å². The number of rotatable bonds is 4. The van der Waals surface area contributed by atoms with E-state index in [9.17, 15) is 0 Å². The molecule has 2 aromatic rings. The van der Waals surface area contributed by atoms with E-state index in [-0.39, 0.29) is 0 Å². The Bertz CT molecular complexity index is 605. The van der Waals surface area contributed by atoms with E-state index < -0.39 is 0 Å².